The van der Waals surface area contributed by atoms with E-state index < -0.39 is 0 Å². The fourth-order valence-electron chi connectivity index (χ4n) is 1.43. The average molecular weight is 141 g/mol. The molecular formula is C9H19N. The van der Waals surface area contributed by atoms with Gasteiger partial charge in [-0.3, -0.25) is 0 Å². The Hall–Kier alpha value is -0.0400. The van der Waals surface area contributed by atoms with Crippen LogP contribution >= 0.6 is 0 Å². The summed E-state index contributed by atoms with van der Waals surface area (Å²) in [6, 6.07) is 0.404. The molecule has 10 heavy (non-hydrogen) atoms. The molecule has 0 aliphatic heterocycles. The minimum Gasteiger partial charge on any atom is -0.328 e. The lowest BCUT2D eigenvalue weighted by Gasteiger charge is -2.10. The first-order valence-corrected chi connectivity index (χ1v) is 4.45. The van der Waals surface area contributed by atoms with Crippen LogP contribution in [0.4, 0.5) is 0 Å². The highest BCUT2D eigenvalue weighted by atomic mass is 14.6. The molecule has 0 heterocycles. The Kier molecular flexibility index (Phi) is 2.72. The molecule has 0 saturated heterocycles. The standard InChI is InChI=1S/C9H19N/c1-7(9-5-6-9)3-4-8(2)10/h7-9H,3-6,10H2,1-2H3/t7?,8-/m0/s1. The second-order valence-electron chi connectivity index (χ2n) is 3.87. The summed E-state index contributed by atoms with van der Waals surface area (Å²) in [5.74, 6) is 1.99. The molecule has 60 valence electrons. The van der Waals surface area contributed by atoms with Crippen LogP contribution < -0.4 is 5.73 Å². The SMILES string of the molecule is CC(CC[C@H](C)N)C1CC1. The van der Waals surface area contributed by atoms with Crippen molar-refractivity contribution >= 4 is 0 Å². The molecule has 0 aromatic heterocycles. The second kappa shape index (κ2) is 3.38. The van der Waals surface area contributed by atoms with Gasteiger partial charge in [-0.05, 0) is 44.4 Å². The molecule has 2 atom stereocenters. The maximum Gasteiger partial charge on any atom is 0.00105 e. The molecule has 0 aromatic carbocycles. The number of rotatable bonds is 4. The van der Waals surface area contributed by atoms with Crippen LogP contribution in [0.25, 0.3) is 0 Å². The summed E-state index contributed by atoms with van der Waals surface area (Å²) in [6.45, 7) is 4.46. The summed E-state index contributed by atoms with van der Waals surface area (Å²) in [7, 11) is 0. The molecule has 1 unspecified atom stereocenters. The van der Waals surface area contributed by atoms with E-state index in [4.69, 9.17) is 5.73 Å². The van der Waals surface area contributed by atoms with Crippen LogP contribution in [0.5, 0.6) is 0 Å². The largest absolute Gasteiger partial charge is 0.328 e. The third-order valence-electron chi connectivity index (χ3n) is 2.50. The van der Waals surface area contributed by atoms with E-state index in [1.807, 2.05) is 0 Å². The first-order chi connectivity index (χ1) is 4.70. The Morgan fingerprint density at radius 1 is 1.30 bits per heavy atom. The molecule has 1 saturated carbocycles. The predicted octanol–water partition coefficient (Wildman–Crippen LogP) is 2.16. The van der Waals surface area contributed by atoms with Gasteiger partial charge in [-0.2, -0.15) is 0 Å². The summed E-state index contributed by atoms with van der Waals surface area (Å²) in [5, 5.41) is 0. The molecular weight excluding hydrogens is 122 g/mol. The number of hydrogen-bond acceptors (Lipinski definition) is 1. The summed E-state index contributed by atoms with van der Waals surface area (Å²) < 4.78 is 0. The predicted molar refractivity (Wildman–Crippen MR) is 44.8 cm³/mol. The maximum absolute atomic E-state index is 5.66. The smallest absolute Gasteiger partial charge is 0.00105 e. The zero-order chi connectivity index (χ0) is 7.56. The van der Waals surface area contributed by atoms with Gasteiger partial charge in [0.05, 0.1) is 0 Å². The highest BCUT2D eigenvalue weighted by molar-refractivity contribution is 4.78. The fraction of sp³-hybridized carbons (Fsp3) is 1.00. The van der Waals surface area contributed by atoms with Gasteiger partial charge in [0.25, 0.3) is 0 Å². The van der Waals surface area contributed by atoms with Crippen molar-refractivity contribution in [3.8, 4) is 0 Å². The van der Waals surface area contributed by atoms with Gasteiger partial charge >= 0.3 is 0 Å². The first-order valence-electron chi connectivity index (χ1n) is 4.45. The average Bonchev–Trinajstić information content (AvgIpc) is 2.63. The molecule has 1 nitrogen and oxygen atoms in total. The molecule has 0 spiro atoms. The van der Waals surface area contributed by atoms with E-state index in [2.05, 4.69) is 13.8 Å². The Morgan fingerprint density at radius 2 is 1.90 bits per heavy atom. The van der Waals surface area contributed by atoms with Crippen LogP contribution in [0.1, 0.15) is 39.5 Å². The highest BCUT2D eigenvalue weighted by Gasteiger charge is 2.27. The van der Waals surface area contributed by atoms with Crippen molar-refractivity contribution < 1.29 is 0 Å². The van der Waals surface area contributed by atoms with Gasteiger partial charge in [0.2, 0.25) is 0 Å². The highest BCUT2D eigenvalue weighted by Crippen LogP contribution is 2.38. The quantitative estimate of drug-likeness (QED) is 0.638. The number of nitrogens with two attached hydrogens (primary N) is 1. The minimum atomic E-state index is 0.404. The van der Waals surface area contributed by atoms with Gasteiger partial charge in [-0.25, -0.2) is 0 Å². The van der Waals surface area contributed by atoms with Crippen LogP contribution in [0.3, 0.4) is 0 Å². The van der Waals surface area contributed by atoms with Crippen LogP contribution in [0.2, 0.25) is 0 Å². The summed E-state index contributed by atoms with van der Waals surface area (Å²) in [6.07, 6.45) is 5.49. The van der Waals surface area contributed by atoms with Gasteiger partial charge in [0.15, 0.2) is 0 Å². The van der Waals surface area contributed by atoms with Gasteiger partial charge in [0, 0.05) is 6.04 Å². The summed E-state index contributed by atoms with van der Waals surface area (Å²) in [4.78, 5) is 0. The van der Waals surface area contributed by atoms with Crippen molar-refractivity contribution in [3.05, 3.63) is 0 Å². The minimum absolute atomic E-state index is 0.404. The molecule has 0 bridgehead atoms. The fourth-order valence-corrected chi connectivity index (χ4v) is 1.43. The molecule has 2 N–H and O–H groups in total. The van der Waals surface area contributed by atoms with Crippen molar-refractivity contribution in [1.82, 2.24) is 0 Å². The topological polar surface area (TPSA) is 26.0 Å². The van der Waals surface area contributed by atoms with Crippen LogP contribution in [-0.2, 0) is 0 Å². The van der Waals surface area contributed by atoms with E-state index in [9.17, 15) is 0 Å². The van der Waals surface area contributed by atoms with Gasteiger partial charge in [0.1, 0.15) is 0 Å². The zero-order valence-corrected chi connectivity index (χ0v) is 7.14. The van der Waals surface area contributed by atoms with Gasteiger partial charge in [-0.15, -0.1) is 0 Å². The Morgan fingerprint density at radius 3 is 2.30 bits per heavy atom. The molecule has 0 amide bonds. The van der Waals surface area contributed by atoms with Crippen molar-refractivity contribution in [3.63, 3.8) is 0 Å². The van der Waals surface area contributed by atoms with E-state index in [0.717, 1.165) is 11.8 Å². The third kappa shape index (κ3) is 2.70. The second-order valence-corrected chi connectivity index (χ2v) is 3.87. The van der Waals surface area contributed by atoms with E-state index in [0.29, 0.717) is 6.04 Å². The number of hydrogen-bond donors (Lipinski definition) is 1. The summed E-state index contributed by atoms with van der Waals surface area (Å²) >= 11 is 0. The normalized spacial score (nSPS) is 24.3. The van der Waals surface area contributed by atoms with E-state index in [1.165, 1.54) is 25.7 Å². The van der Waals surface area contributed by atoms with E-state index in [-0.39, 0.29) is 0 Å². The lowest BCUT2D eigenvalue weighted by molar-refractivity contribution is 0.434. The molecule has 1 aliphatic rings. The van der Waals surface area contributed by atoms with E-state index >= 15 is 0 Å². The molecule has 1 fully saturated rings. The van der Waals surface area contributed by atoms with Crippen LogP contribution in [0, 0.1) is 11.8 Å². The van der Waals surface area contributed by atoms with Gasteiger partial charge < -0.3 is 5.73 Å². The lowest BCUT2D eigenvalue weighted by atomic mass is 9.98. The molecule has 0 radical (unpaired) electrons. The molecule has 1 rings (SSSR count). The van der Waals surface area contributed by atoms with Crippen molar-refractivity contribution in [2.45, 2.75) is 45.6 Å². The van der Waals surface area contributed by atoms with Crippen molar-refractivity contribution in [1.29, 1.82) is 0 Å². The maximum atomic E-state index is 5.66. The summed E-state index contributed by atoms with van der Waals surface area (Å²) in [5.41, 5.74) is 5.66. The van der Waals surface area contributed by atoms with Crippen molar-refractivity contribution in [2.75, 3.05) is 0 Å². The van der Waals surface area contributed by atoms with Crippen LogP contribution in [0.15, 0.2) is 0 Å². The van der Waals surface area contributed by atoms with Crippen LogP contribution in [-0.4, -0.2) is 6.04 Å². The zero-order valence-electron chi connectivity index (χ0n) is 7.14. The van der Waals surface area contributed by atoms with E-state index in [1.54, 1.807) is 0 Å². The van der Waals surface area contributed by atoms with Gasteiger partial charge in [-0.1, -0.05) is 6.92 Å². The Balaban J connectivity index is 2.00. The molecule has 1 aliphatic carbocycles. The Bertz CT molecular complexity index is 94.9. The molecule has 1 heteroatoms. The monoisotopic (exact) mass is 141 g/mol. The Labute approximate surface area is 64.0 Å². The molecule has 0 aromatic rings. The first kappa shape index (κ1) is 8.06. The lowest BCUT2D eigenvalue weighted by Crippen LogP contribution is -2.16. The van der Waals surface area contributed by atoms with Crippen molar-refractivity contribution in [2.24, 2.45) is 17.6 Å². The third-order valence-corrected chi connectivity index (χ3v) is 2.50.